The van der Waals surface area contributed by atoms with Crippen molar-refractivity contribution >= 4 is 34.0 Å². The number of anilines is 3. The van der Waals surface area contributed by atoms with E-state index in [2.05, 4.69) is 10.6 Å². The van der Waals surface area contributed by atoms with E-state index < -0.39 is 0 Å². The second-order valence-corrected chi connectivity index (χ2v) is 7.44. The first-order valence-corrected chi connectivity index (χ1v) is 10.6. The molecule has 0 saturated carbocycles. The van der Waals surface area contributed by atoms with Crippen LogP contribution in [0, 0.1) is 0 Å². The van der Waals surface area contributed by atoms with Gasteiger partial charge in [-0.05, 0) is 55.0 Å². The number of rotatable bonds is 8. The van der Waals surface area contributed by atoms with Crippen LogP contribution >= 0.6 is 0 Å². The van der Waals surface area contributed by atoms with Gasteiger partial charge in [0, 0.05) is 36.6 Å². The van der Waals surface area contributed by atoms with Crippen molar-refractivity contribution in [2.75, 3.05) is 10.6 Å². The number of hydrogen-bond donors (Lipinski definition) is 2. The van der Waals surface area contributed by atoms with E-state index in [1.54, 1.807) is 9.13 Å². The Bertz CT molecular complexity index is 1220. The molecule has 1 heterocycles. The second kappa shape index (κ2) is 9.34. The quantitative estimate of drug-likeness (QED) is 0.427. The van der Waals surface area contributed by atoms with Crippen LogP contribution in [-0.4, -0.2) is 15.0 Å². The number of benzene rings is 3. The minimum atomic E-state index is -0.122. The van der Waals surface area contributed by atoms with Crippen LogP contribution in [-0.2, 0) is 17.9 Å². The molecule has 4 rings (SSSR count). The van der Waals surface area contributed by atoms with E-state index in [0.717, 1.165) is 34.5 Å². The monoisotopic (exact) mass is 414 g/mol. The summed E-state index contributed by atoms with van der Waals surface area (Å²) in [5.74, 6) is -0.122. The molecule has 1 amide bonds. The lowest BCUT2D eigenvalue weighted by Gasteiger charge is -2.09. The maximum Gasteiger partial charge on any atom is 0.329 e. The van der Waals surface area contributed by atoms with Crippen molar-refractivity contribution in [1.82, 2.24) is 9.13 Å². The van der Waals surface area contributed by atoms with Gasteiger partial charge in [0.1, 0.15) is 0 Å². The van der Waals surface area contributed by atoms with E-state index in [0.29, 0.717) is 13.1 Å². The van der Waals surface area contributed by atoms with Crippen molar-refractivity contribution in [3.63, 3.8) is 0 Å². The summed E-state index contributed by atoms with van der Waals surface area (Å²) in [5, 5.41) is 6.23. The van der Waals surface area contributed by atoms with Gasteiger partial charge in [-0.25, -0.2) is 4.79 Å². The van der Waals surface area contributed by atoms with E-state index >= 15 is 0 Å². The van der Waals surface area contributed by atoms with Gasteiger partial charge in [-0.2, -0.15) is 0 Å². The number of carbonyl (C=O) groups excluding carboxylic acids is 1. The first-order chi connectivity index (χ1) is 15.2. The van der Waals surface area contributed by atoms with E-state index in [4.69, 9.17) is 0 Å². The molecule has 4 aromatic rings. The molecule has 0 unspecified atom stereocenters. The molecule has 158 valence electrons. The lowest BCUT2D eigenvalue weighted by molar-refractivity contribution is -0.116. The summed E-state index contributed by atoms with van der Waals surface area (Å²) in [4.78, 5) is 25.3. The summed E-state index contributed by atoms with van der Waals surface area (Å²) >= 11 is 0. The van der Waals surface area contributed by atoms with Gasteiger partial charge in [-0.3, -0.25) is 13.9 Å². The van der Waals surface area contributed by atoms with Crippen LogP contribution < -0.4 is 16.3 Å². The summed E-state index contributed by atoms with van der Waals surface area (Å²) in [5.41, 5.74) is 4.39. The summed E-state index contributed by atoms with van der Waals surface area (Å²) < 4.78 is 3.48. The topological polar surface area (TPSA) is 68.1 Å². The molecule has 0 atom stereocenters. The Balaban J connectivity index is 1.40. The fourth-order valence-electron chi connectivity index (χ4n) is 3.69. The van der Waals surface area contributed by atoms with Crippen LogP contribution in [0.15, 0.2) is 83.7 Å². The number of carbonyl (C=O) groups is 1. The predicted molar refractivity (Wildman–Crippen MR) is 126 cm³/mol. The molecule has 1 aromatic heterocycles. The van der Waals surface area contributed by atoms with Crippen molar-refractivity contribution in [1.29, 1.82) is 0 Å². The smallest absolute Gasteiger partial charge is 0.329 e. The van der Waals surface area contributed by atoms with E-state index in [-0.39, 0.29) is 18.0 Å². The molecular weight excluding hydrogens is 388 g/mol. The molecule has 0 aliphatic heterocycles. The van der Waals surface area contributed by atoms with Gasteiger partial charge in [0.25, 0.3) is 0 Å². The van der Waals surface area contributed by atoms with Gasteiger partial charge < -0.3 is 10.6 Å². The molecule has 0 aliphatic rings. The SMILES string of the molecule is CCCn1c(=O)n(CCC(=O)Nc2ccc(Nc3ccccc3)cc2)c2ccccc21. The minimum Gasteiger partial charge on any atom is -0.356 e. The average Bonchev–Trinajstić information content (AvgIpc) is 3.06. The number of nitrogens with zero attached hydrogens (tertiary/aromatic N) is 2. The zero-order chi connectivity index (χ0) is 21.6. The van der Waals surface area contributed by atoms with Gasteiger partial charge in [0.2, 0.25) is 5.91 Å². The average molecular weight is 415 g/mol. The molecule has 2 N–H and O–H groups in total. The van der Waals surface area contributed by atoms with Crippen LogP contribution in [0.3, 0.4) is 0 Å². The molecule has 0 fully saturated rings. The maximum atomic E-state index is 12.8. The van der Waals surface area contributed by atoms with Crippen LogP contribution in [0.5, 0.6) is 0 Å². The Morgan fingerprint density at radius 2 is 1.29 bits per heavy atom. The molecule has 0 saturated heterocycles. The molecule has 0 bridgehead atoms. The number of aryl methyl sites for hydroxylation is 2. The number of fused-ring (bicyclic) bond motifs is 1. The Kier molecular flexibility index (Phi) is 6.17. The summed E-state index contributed by atoms with van der Waals surface area (Å²) in [7, 11) is 0. The number of imidazole rings is 1. The Labute approximate surface area is 181 Å². The molecule has 3 aromatic carbocycles. The fourth-order valence-corrected chi connectivity index (χ4v) is 3.69. The molecule has 0 aliphatic carbocycles. The first-order valence-electron chi connectivity index (χ1n) is 10.6. The van der Waals surface area contributed by atoms with Gasteiger partial charge in [-0.15, -0.1) is 0 Å². The third-order valence-electron chi connectivity index (χ3n) is 5.17. The largest absolute Gasteiger partial charge is 0.356 e. The normalized spacial score (nSPS) is 10.9. The number of nitrogens with one attached hydrogen (secondary N) is 2. The van der Waals surface area contributed by atoms with Crippen LogP contribution in [0.2, 0.25) is 0 Å². The van der Waals surface area contributed by atoms with Crippen LogP contribution in [0.4, 0.5) is 17.1 Å². The second-order valence-electron chi connectivity index (χ2n) is 7.44. The highest BCUT2D eigenvalue weighted by Gasteiger charge is 2.13. The van der Waals surface area contributed by atoms with E-state index in [1.807, 2.05) is 85.8 Å². The Morgan fingerprint density at radius 1 is 0.742 bits per heavy atom. The van der Waals surface area contributed by atoms with Gasteiger partial charge >= 0.3 is 5.69 Å². The minimum absolute atomic E-state index is 0.0628. The highest BCUT2D eigenvalue weighted by molar-refractivity contribution is 5.91. The molecule has 31 heavy (non-hydrogen) atoms. The van der Waals surface area contributed by atoms with E-state index in [1.165, 1.54) is 0 Å². The number of para-hydroxylation sites is 3. The van der Waals surface area contributed by atoms with Gasteiger partial charge in [0.05, 0.1) is 11.0 Å². The van der Waals surface area contributed by atoms with Crippen molar-refractivity contribution in [3.05, 3.63) is 89.3 Å². The molecule has 6 heteroatoms. The zero-order valence-electron chi connectivity index (χ0n) is 17.5. The third-order valence-corrected chi connectivity index (χ3v) is 5.17. The molecular formula is C25H26N4O2. The first kappa shape index (κ1) is 20.5. The lowest BCUT2D eigenvalue weighted by Crippen LogP contribution is -2.26. The maximum absolute atomic E-state index is 12.8. The van der Waals surface area contributed by atoms with E-state index in [9.17, 15) is 9.59 Å². The number of aromatic nitrogens is 2. The number of hydrogen-bond acceptors (Lipinski definition) is 3. The third kappa shape index (κ3) is 4.69. The van der Waals surface area contributed by atoms with Crippen molar-refractivity contribution in [2.45, 2.75) is 32.9 Å². The molecule has 0 radical (unpaired) electrons. The van der Waals surface area contributed by atoms with Gasteiger partial charge in [-0.1, -0.05) is 37.3 Å². The Morgan fingerprint density at radius 3 is 1.94 bits per heavy atom. The van der Waals surface area contributed by atoms with Crippen molar-refractivity contribution < 1.29 is 4.79 Å². The van der Waals surface area contributed by atoms with Crippen molar-refractivity contribution in [3.8, 4) is 0 Å². The molecule has 6 nitrogen and oxygen atoms in total. The van der Waals surface area contributed by atoms with Crippen LogP contribution in [0.25, 0.3) is 11.0 Å². The highest BCUT2D eigenvalue weighted by atomic mass is 16.2. The summed E-state index contributed by atoms with van der Waals surface area (Å²) in [6.45, 7) is 3.06. The molecule has 0 spiro atoms. The highest BCUT2D eigenvalue weighted by Crippen LogP contribution is 2.19. The fraction of sp³-hybridized carbons (Fsp3) is 0.200. The zero-order valence-corrected chi connectivity index (χ0v) is 17.5. The summed E-state index contributed by atoms with van der Waals surface area (Å²) in [6, 6.07) is 25.2. The Hall–Kier alpha value is -3.80. The predicted octanol–water partition coefficient (Wildman–Crippen LogP) is 4.99. The lowest BCUT2D eigenvalue weighted by atomic mass is 10.2. The van der Waals surface area contributed by atoms with Crippen LogP contribution in [0.1, 0.15) is 19.8 Å². The summed E-state index contributed by atoms with van der Waals surface area (Å²) in [6.07, 6.45) is 1.10. The van der Waals surface area contributed by atoms with Crippen molar-refractivity contribution in [2.24, 2.45) is 0 Å². The van der Waals surface area contributed by atoms with Gasteiger partial charge in [0.15, 0.2) is 0 Å². The standard InChI is InChI=1S/C25H26N4O2/c1-2-17-28-22-10-6-7-11-23(22)29(25(28)31)18-16-24(30)27-21-14-12-20(13-15-21)26-19-8-4-3-5-9-19/h3-15,26H,2,16-18H2,1H3,(H,27,30). The number of amides is 1.